The maximum Gasteiger partial charge on any atom is 0.419 e. The van der Waals surface area contributed by atoms with Crippen molar-refractivity contribution in [3.63, 3.8) is 0 Å². The lowest BCUT2D eigenvalue weighted by Crippen LogP contribution is -2.14. The molecule has 0 aliphatic heterocycles. The molecule has 0 unspecified atom stereocenters. The van der Waals surface area contributed by atoms with Crippen LogP contribution in [0.25, 0.3) is 11.1 Å². The first-order valence-corrected chi connectivity index (χ1v) is 6.57. The fraction of sp³-hybridized carbons (Fsp3) is 0.125. The number of benzene rings is 2. The first-order valence-electron chi connectivity index (χ1n) is 6.57. The summed E-state index contributed by atoms with van der Waals surface area (Å²) in [6.45, 7) is 0. The van der Waals surface area contributed by atoms with Crippen LogP contribution >= 0.6 is 0 Å². The van der Waals surface area contributed by atoms with E-state index in [0.717, 1.165) is 5.56 Å². The van der Waals surface area contributed by atoms with Crippen molar-refractivity contribution < 1.29 is 9.21 Å². The average Bonchev–Trinajstić information content (AvgIpc) is 2.74. The highest BCUT2D eigenvalue weighted by atomic mass is 16.4. The van der Waals surface area contributed by atoms with Gasteiger partial charge < -0.3 is 9.73 Å². The van der Waals surface area contributed by atoms with Crippen LogP contribution in [0.5, 0.6) is 0 Å². The van der Waals surface area contributed by atoms with E-state index in [4.69, 9.17) is 4.42 Å². The van der Waals surface area contributed by atoms with E-state index in [2.05, 4.69) is 5.32 Å². The zero-order valence-corrected chi connectivity index (χ0v) is 11.5. The number of hydrogen-bond donors (Lipinski definition) is 1. The van der Waals surface area contributed by atoms with E-state index in [9.17, 15) is 9.59 Å². The highest BCUT2D eigenvalue weighted by molar-refractivity contribution is 5.94. The van der Waals surface area contributed by atoms with Gasteiger partial charge in [0.05, 0.1) is 11.9 Å². The molecule has 1 heterocycles. The number of fused-ring (bicyclic) bond motifs is 1. The third-order valence-electron chi connectivity index (χ3n) is 3.28. The minimum atomic E-state index is -0.419. The van der Waals surface area contributed by atoms with Gasteiger partial charge in [0.15, 0.2) is 5.58 Å². The number of oxazole rings is 1. The monoisotopic (exact) mass is 282 g/mol. The van der Waals surface area contributed by atoms with Gasteiger partial charge in [-0.2, -0.15) is 0 Å². The molecule has 106 valence electrons. The molecule has 1 N–H and O–H groups in total. The summed E-state index contributed by atoms with van der Waals surface area (Å²) in [4.78, 5) is 23.4. The van der Waals surface area contributed by atoms with Crippen molar-refractivity contribution in [3.8, 4) is 0 Å². The van der Waals surface area contributed by atoms with Crippen molar-refractivity contribution in [2.24, 2.45) is 7.05 Å². The van der Waals surface area contributed by atoms with Crippen LogP contribution in [0.2, 0.25) is 0 Å². The second kappa shape index (κ2) is 5.28. The molecule has 0 atom stereocenters. The molecule has 0 aliphatic rings. The first-order chi connectivity index (χ1) is 10.1. The predicted molar refractivity (Wildman–Crippen MR) is 80.2 cm³/mol. The molecule has 5 nitrogen and oxygen atoms in total. The van der Waals surface area contributed by atoms with E-state index in [1.54, 1.807) is 25.2 Å². The van der Waals surface area contributed by atoms with Gasteiger partial charge in [-0.25, -0.2) is 4.79 Å². The summed E-state index contributed by atoms with van der Waals surface area (Å²) in [5.74, 6) is -0.531. The van der Waals surface area contributed by atoms with E-state index in [0.29, 0.717) is 23.2 Å². The van der Waals surface area contributed by atoms with E-state index in [1.165, 1.54) is 4.57 Å². The van der Waals surface area contributed by atoms with Gasteiger partial charge >= 0.3 is 5.76 Å². The van der Waals surface area contributed by atoms with Gasteiger partial charge in [0.2, 0.25) is 5.91 Å². The molecule has 0 aliphatic carbocycles. The third-order valence-corrected chi connectivity index (χ3v) is 3.28. The number of nitrogens with one attached hydrogen (secondary N) is 1. The summed E-state index contributed by atoms with van der Waals surface area (Å²) in [6, 6.07) is 14.7. The summed E-state index contributed by atoms with van der Waals surface area (Å²) >= 11 is 0. The van der Waals surface area contributed by atoms with Crippen LogP contribution in [0.15, 0.2) is 57.7 Å². The molecular formula is C16H14N2O3. The fourth-order valence-electron chi connectivity index (χ4n) is 2.20. The highest BCUT2D eigenvalue weighted by Gasteiger charge is 2.08. The van der Waals surface area contributed by atoms with Crippen molar-refractivity contribution in [1.82, 2.24) is 4.57 Å². The first kappa shape index (κ1) is 13.2. The molecular weight excluding hydrogens is 268 g/mol. The number of nitrogens with zero attached hydrogens (tertiary/aromatic N) is 1. The smallest absolute Gasteiger partial charge is 0.408 e. The molecule has 21 heavy (non-hydrogen) atoms. The minimum Gasteiger partial charge on any atom is -0.408 e. The van der Waals surface area contributed by atoms with Crippen LogP contribution in [0.4, 0.5) is 5.69 Å². The summed E-state index contributed by atoms with van der Waals surface area (Å²) in [6.07, 6.45) is 0.303. The third kappa shape index (κ3) is 2.72. The van der Waals surface area contributed by atoms with Gasteiger partial charge in [0.1, 0.15) is 0 Å². The second-order valence-corrected chi connectivity index (χ2v) is 4.82. The molecule has 0 spiro atoms. The van der Waals surface area contributed by atoms with Gasteiger partial charge in [-0.3, -0.25) is 9.36 Å². The van der Waals surface area contributed by atoms with Crippen molar-refractivity contribution in [1.29, 1.82) is 0 Å². The molecule has 0 saturated carbocycles. The SMILES string of the molecule is Cn1c(=O)oc2cc(NC(=O)Cc3ccccc3)ccc21. The lowest BCUT2D eigenvalue weighted by Gasteiger charge is -2.05. The predicted octanol–water partition coefficient (Wildman–Crippen LogP) is 2.31. The lowest BCUT2D eigenvalue weighted by molar-refractivity contribution is -0.115. The lowest BCUT2D eigenvalue weighted by atomic mass is 10.1. The number of amides is 1. The van der Waals surface area contributed by atoms with Crippen molar-refractivity contribution >= 4 is 22.7 Å². The molecule has 0 radical (unpaired) electrons. The van der Waals surface area contributed by atoms with Gasteiger partial charge in [0.25, 0.3) is 0 Å². The summed E-state index contributed by atoms with van der Waals surface area (Å²) in [7, 11) is 1.64. The topological polar surface area (TPSA) is 64.2 Å². The van der Waals surface area contributed by atoms with Crippen LogP contribution in [-0.2, 0) is 18.3 Å². The Morgan fingerprint density at radius 3 is 2.71 bits per heavy atom. The Morgan fingerprint density at radius 2 is 1.95 bits per heavy atom. The number of aryl methyl sites for hydroxylation is 1. The molecule has 5 heteroatoms. The second-order valence-electron chi connectivity index (χ2n) is 4.82. The molecule has 3 rings (SSSR count). The maximum absolute atomic E-state index is 12.0. The summed E-state index contributed by atoms with van der Waals surface area (Å²) < 4.78 is 6.52. The van der Waals surface area contributed by atoms with Crippen LogP contribution < -0.4 is 11.1 Å². The molecule has 0 bridgehead atoms. The number of anilines is 1. The van der Waals surface area contributed by atoms with Gasteiger partial charge in [0, 0.05) is 18.8 Å². The van der Waals surface area contributed by atoms with Gasteiger partial charge in [-0.05, 0) is 17.7 Å². The van der Waals surface area contributed by atoms with E-state index >= 15 is 0 Å². The Hall–Kier alpha value is -2.82. The zero-order chi connectivity index (χ0) is 14.8. The van der Waals surface area contributed by atoms with Gasteiger partial charge in [-0.15, -0.1) is 0 Å². The fourth-order valence-corrected chi connectivity index (χ4v) is 2.20. The Kier molecular flexibility index (Phi) is 3.31. The molecule has 0 saturated heterocycles. The Labute approximate surface area is 120 Å². The minimum absolute atomic E-state index is 0.112. The maximum atomic E-state index is 12.0. The largest absolute Gasteiger partial charge is 0.419 e. The van der Waals surface area contributed by atoms with E-state index < -0.39 is 5.76 Å². The standard InChI is InChI=1S/C16H14N2O3/c1-18-13-8-7-12(10-14(13)21-16(18)20)17-15(19)9-11-5-3-2-4-6-11/h2-8,10H,9H2,1H3,(H,17,19). The molecule has 1 amide bonds. The van der Waals surface area contributed by atoms with Crippen LogP contribution in [0.1, 0.15) is 5.56 Å². The van der Waals surface area contributed by atoms with E-state index in [1.807, 2.05) is 30.3 Å². The van der Waals surface area contributed by atoms with Crippen LogP contribution in [0, 0.1) is 0 Å². The Balaban J connectivity index is 1.78. The quantitative estimate of drug-likeness (QED) is 0.801. The number of carbonyl (C=O) groups is 1. The number of carbonyl (C=O) groups excluding carboxylic acids is 1. The Bertz CT molecular complexity index is 847. The molecule has 1 aromatic heterocycles. The van der Waals surface area contributed by atoms with Crippen molar-refractivity contribution in [3.05, 3.63) is 64.6 Å². The number of rotatable bonds is 3. The zero-order valence-electron chi connectivity index (χ0n) is 11.5. The van der Waals surface area contributed by atoms with Gasteiger partial charge in [-0.1, -0.05) is 30.3 Å². The normalized spacial score (nSPS) is 10.7. The highest BCUT2D eigenvalue weighted by Crippen LogP contribution is 2.18. The molecule has 0 fully saturated rings. The summed E-state index contributed by atoms with van der Waals surface area (Å²) in [5.41, 5.74) is 2.71. The summed E-state index contributed by atoms with van der Waals surface area (Å²) in [5, 5.41) is 2.80. The molecule has 3 aromatic rings. The van der Waals surface area contributed by atoms with Crippen molar-refractivity contribution in [2.45, 2.75) is 6.42 Å². The average molecular weight is 282 g/mol. The number of hydrogen-bond acceptors (Lipinski definition) is 3. The van der Waals surface area contributed by atoms with Crippen molar-refractivity contribution in [2.75, 3.05) is 5.32 Å². The van der Waals surface area contributed by atoms with E-state index in [-0.39, 0.29) is 5.91 Å². The molecule has 2 aromatic carbocycles. The Morgan fingerprint density at radius 1 is 1.19 bits per heavy atom. The number of aromatic nitrogens is 1. The van der Waals surface area contributed by atoms with Crippen LogP contribution in [-0.4, -0.2) is 10.5 Å². The van der Waals surface area contributed by atoms with Crippen LogP contribution in [0.3, 0.4) is 0 Å².